The summed E-state index contributed by atoms with van der Waals surface area (Å²) < 4.78 is 30.1. The van der Waals surface area contributed by atoms with Crippen LogP contribution in [0.2, 0.25) is 0 Å². The number of nitrogens with zero attached hydrogens (tertiary/aromatic N) is 2. The first-order valence-corrected chi connectivity index (χ1v) is 9.10. The zero-order chi connectivity index (χ0) is 16.2. The van der Waals surface area contributed by atoms with Crippen LogP contribution >= 0.6 is 11.8 Å². The van der Waals surface area contributed by atoms with Gasteiger partial charge in [-0.2, -0.15) is 0 Å². The normalized spacial score (nSPS) is 12.1. The number of hydrogen-bond donors (Lipinski definition) is 0. The third-order valence-electron chi connectivity index (χ3n) is 3.01. The molecule has 0 saturated heterocycles. The Kier molecular flexibility index (Phi) is 6.30. The first kappa shape index (κ1) is 18.1. The van der Waals surface area contributed by atoms with Gasteiger partial charge in [0.1, 0.15) is 5.76 Å². The Morgan fingerprint density at radius 2 is 1.90 bits per heavy atom. The number of rotatable bonds is 7. The molecular weight excluding hydrogens is 312 g/mol. The van der Waals surface area contributed by atoms with E-state index in [-0.39, 0.29) is 17.0 Å². The monoisotopic (exact) mass is 334 g/mol. The molecule has 1 aromatic heterocycles. The van der Waals surface area contributed by atoms with E-state index >= 15 is 0 Å². The molecule has 1 amide bonds. The van der Waals surface area contributed by atoms with E-state index in [1.165, 1.54) is 31.9 Å². The summed E-state index contributed by atoms with van der Waals surface area (Å²) in [6, 6.07) is 3.23. The van der Waals surface area contributed by atoms with Gasteiger partial charge in [-0.1, -0.05) is 0 Å². The van der Waals surface area contributed by atoms with Crippen LogP contribution in [0.15, 0.2) is 21.6 Å². The maximum Gasteiger partial charge on any atom is 0.275 e. The molecule has 8 heteroatoms. The van der Waals surface area contributed by atoms with Crippen LogP contribution in [-0.4, -0.2) is 56.5 Å². The number of furan rings is 1. The Bertz CT molecular complexity index is 579. The topological polar surface area (TPSA) is 70.8 Å². The third-order valence-corrected chi connectivity index (χ3v) is 5.64. The summed E-state index contributed by atoms with van der Waals surface area (Å²) in [5.41, 5.74) is 0. The molecule has 1 heterocycles. The molecule has 6 nitrogen and oxygen atoms in total. The zero-order valence-electron chi connectivity index (χ0n) is 13.0. The molecule has 1 aromatic rings. The summed E-state index contributed by atoms with van der Waals surface area (Å²) in [5, 5.41) is -0.0753. The fraction of sp³-hybridized carbons (Fsp3) is 0.615. The molecule has 0 aliphatic heterocycles. The highest BCUT2D eigenvalue weighted by Crippen LogP contribution is 2.20. The fourth-order valence-corrected chi connectivity index (χ4v) is 3.03. The molecule has 0 fully saturated rings. The van der Waals surface area contributed by atoms with Gasteiger partial charge < -0.3 is 9.32 Å². The van der Waals surface area contributed by atoms with Crippen molar-refractivity contribution in [3.8, 4) is 0 Å². The van der Waals surface area contributed by atoms with E-state index in [1.807, 2.05) is 13.8 Å². The van der Waals surface area contributed by atoms with Crippen molar-refractivity contribution in [3.05, 3.63) is 17.9 Å². The van der Waals surface area contributed by atoms with E-state index in [2.05, 4.69) is 0 Å². The minimum atomic E-state index is -3.54. The van der Waals surface area contributed by atoms with Gasteiger partial charge in [0, 0.05) is 27.2 Å². The van der Waals surface area contributed by atoms with Crippen LogP contribution < -0.4 is 0 Å². The third kappa shape index (κ3) is 4.76. The van der Waals surface area contributed by atoms with Gasteiger partial charge in [0.2, 0.25) is 11.0 Å². The Labute approximate surface area is 130 Å². The van der Waals surface area contributed by atoms with Gasteiger partial charge in [-0.15, -0.1) is 11.8 Å². The Hall–Kier alpha value is -0.990. The molecule has 0 N–H and O–H groups in total. The average Bonchev–Trinajstić information content (AvgIpc) is 2.86. The summed E-state index contributed by atoms with van der Waals surface area (Å²) in [6.07, 6.45) is 0. The van der Waals surface area contributed by atoms with Gasteiger partial charge in [0.15, 0.2) is 0 Å². The van der Waals surface area contributed by atoms with Crippen molar-refractivity contribution in [3.63, 3.8) is 0 Å². The van der Waals surface area contributed by atoms with Crippen LogP contribution in [0.5, 0.6) is 0 Å². The molecule has 0 bridgehead atoms. The zero-order valence-corrected chi connectivity index (χ0v) is 14.6. The second-order valence-corrected chi connectivity index (χ2v) is 8.17. The van der Waals surface area contributed by atoms with Crippen LogP contribution in [0.3, 0.4) is 0 Å². The number of sulfonamides is 1. The summed E-state index contributed by atoms with van der Waals surface area (Å²) in [6.45, 7) is 3.90. The average molecular weight is 334 g/mol. The van der Waals surface area contributed by atoms with Crippen LogP contribution in [0.1, 0.15) is 19.6 Å². The van der Waals surface area contributed by atoms with Crippen molar-refractivity contribution in [2.45, 2.75) is 30.7 Å². The summed E-state index contributed by atoms with van der Waals surface area (Å²) in [5.74, 6) is 1.38. The van der Waals surface area contributed by atoms with Gasteiger partial charge in [-0.3, -0.25) is 4.79 Å². The highest BCUT2D eigenvalue weighted by Gasteiger charge is 2.21. The predicted octanol–water partition coefficient (Wildman–Crippen LogP) is 1.63. The van der Waals surface area contributed by atoms with E-state index in [9.17, 15) is 13.2 Å². The Morgan fingerprint density at radius 1 is 1.29 bits per heavy atom. The van der Waals surface area contributed by atoms with E-state index in [4.69, 9.17) is 4.42 Å². The highest BCUT2D eigenvalue weighted by molar-refractivity contribution is 7.99. The van der Waals surface area contributed by atoms with Gasteiger partial charge in [-0.25, -0.2) is 12.7 Å². The number of thioether (sulfide) groups is 1. The second kappa shape index (κ2) is 7.33. The summed E-state index contributed by atoms with van der Waals surface area (Å²) >= 11 is 1.40. The molecular formula is C13H22N2O4S2. The molecule has 120 valence electrons. The van der Waals surface area contributed by atoms with Crippen molar-refractivity contribution in [1.82, 2.24) is 9.21 Å². The molecule has 21 heavy (non-hydrogen) atoms. The van der Waals surface area contributed by atoms with Crippen molar-refractivity contribution < 1.29 is 17.6 Å². The summed E-state index contributed by atoms with van der Waals surface area (Å²) in [7, 11) is 1.13. The molecule has 0 aliphatic rings. The van der Waals surface area contributed by atoms with Crippen LogP contribution in [0.25, 0.3) is 0 Å². The van der Waals surface area contributed by atoms with Gasteiger partial charge >= 0.3 is 0 Å². The molecule has 1 rings (SSSR count). The van der Waals surface area contributed by atoms with Gasteiger partial charge in [0.05, 0.1) is 11.5 Å². The fourth-order valence-electron chi connectivity index (χ4n) is 1.38. The first-order chi connectivity index (χ1) is 9.66. The van der Waals surface area contributed by atoms with Crippen LogP contribution in [0.4, 0.5) is 0 Å². The lowest BCUT2D eigenvalue weighted by Crippen LogP contribution is -2.34. The Morgan fingerprint density at radius 3 is 2.43 bits per heavy atom. The summed E-state index contributed by atoms with van der Waals surface area (Å²) in [4.78, 5) is 13.5. The maximum absolute atomic E-state index is 11.9. The van der Waals surface area contributed by atoms with Crippen molar-refractivity contribution in [1.29, 1.82) is 0 Å². The quantitative estimate of drug-likeness (QED) is 0.758. The van der Waals surface area contributed by atoms with E-state index < -0.39 is 10.0 Å². The number of hydrogen-bond acceptors (Lipinski definition) is 5. The molecule has 0 saturated carbocycles. The van der Waals surface area contributed by atoms with Gasteiger partial charge in [0.25, 0.3) is 10.0 Å². The van der Waals surface area contributed by atoms with E-state index in [1.54, 1.807) is 18.0 Å². The lowest BCUT2D eigenvalue weighted by molar-refractivity contribution is -0.128. The standard InChI is InChI=1S/C13H22N2O4S2/c1-10(2)15(5)12(16)9-20-8-11-6-7-13(19-11)21(17,18)14(3)4/h6-7,10H,8-9H2,1-5H3. The van der Waals surface area contributed by atoms with Crippen LogP contribution in [-0.2, 0) is 20.6 Å². The minimum absolute atomic E-state index is 0.0442. The predicted molar refractivity (Wildman–Crippen MR) is 83.6 cm³/mol. The molecule has 0 spiro atoms. The van der Waals surface area contributed by atoms with Crippen molar-refractivity contribution in [2.24, 2.45) is 0 Å². The SMILES string of the molecule is CC(C)N(C)C(=O)CSCc1ccc(S(=O)(=O)N(C)C)o1. The maximum atomic E-state index is 11.9. The number of carbonyl (C=O) groups excluding carboxylic acids is 1. The lowest BCUT2D eigenvalue weighted by atomic mass is 10.3. The number of amides is 1. The lowest BCUT2D eigenvalue weighted by Gasteiger charge is -2.20. The second-order valence-electron chi connectivity index (χ2n) is 5.10. The van der Waals surface area contributed by atoms with Crippen molar-refractivity contribution >= 4 is 27.7 Å². The molecule has 0 aliphatic carbocycles. The molecule has 0 radical (unpaired) electrons. The molecule has 0 atom stereocenters. The van der Waals surface area contributed by atoms with Gasteiger partial charge in [-0.05, 0) is 26.0 Å². The van der Waals surface area contributed by atoms with E-state index in [0.717, 1.165) is 4.31 Å². The largest absolute Gasteiger partial charge is 0.447 e. The minimum Gasteiger partial charge on any atom is -0.447 e. The smallest absolute Gasteiger partial charge is 0.275 e. The van der Waals surface area contributed by atoms with Crippen LogP contribution in [0, 0.1) is 0 Å². The Balaban J connectivity index is 2.56. The highest BCUT2D eigenvalue weighted by atomic mass is 32.2. The van der Waals surface area contributed by atoms with Crippen molar-refractivity contribution in [2.75, 3.05) is 26.9 Å². The number of carbonyl (C=O) groups is 1. The van der Waals surface area contributed by atoms with E-state index in [0.29, 0.717) is 17.3 Å². The molecule has 0 unspecified atom stereocenters. The first-order valence-electron chi connectivity index (χ1n) is 6.51. The molecule has 0 aromatic carbocycles.